The Balaban J connectivity index is 0.000000250. The van der Waals surface area contributed by atoms with Crippen LogP contribution in [0.3, 0.4) is 0 Å². The Kier molecular flexibility index (Phi) is 15.8. The minimum atomic E-state index is -0.381. The molecular formula is C33H46FN5O7. The minimum Gasteiger partial charge on any atom is -0.445 e. The van der Waals surface area contributed by atoms with Crippen molar-refractivity contribution in [1.29, 1.82) is 0 Å². The normalized spacial score (nSPS) is 15.3. The molecule has 0 bridgehead atoms. The Labute approximate surface area is 269 Å². The van der Waals surface area contributed by atoms with E-state index in [2.05, 4.69) is 5.32 Å². The highest BCUT2D eigenvalue weighted by molar-refractivity contribution is 5.89. The molecule has 2 aliphatic heterocycles. The average molecular weight is 644 g/mol. The molecule has 0 unspecified atom stereocenters. The van der Waals surface area contributed by atoms with Gasteiger partial charge in [-0.3, -0.25) is 20.0 Å². The van der Waals surface area contributed by atoms with Gasteiger partial charge in [-0.25, -0.2) is 24.9 Å². The van der Waals surface area contributed by atoms with Crippen LogP contribution in [0.25, 0.3) is 0 Å². The van der Waals surface area contributed by atoms with E-state index in [9.17, 15) is 23.6 Å². The summed E-state index contributed by atoms with van der Waals surface area (Å²) < 4.78 is 18.4. The largest absolute Gasteiger partial charge is 0.445 e. The summed E-state index contributed by atoms with van der Waals surface area (Å²) in [6.45, 7) is 3.00. The number of anilines is 1. The summed E-state index contributed by atoms with van der Waals surface area (Å²) in [6.07, 6.45) is 7.38. The van der Waals surface area contributed by atoms with Gasteiger partial charge < -0.3 is 19.9 Å². The Morgan fingerprint density at radius 3 is 1.83 bits per heavy atom. The molecular weight excluding hydrogens is 597 g/mol. The maximum atomic E-state index is 13.1. The van der Waals surface area contributed by atoms with Gasteiger partial charge in [-0.2, -0.15) is 0 Å². The smallest absolute Gasteiger partial charge is 0.410 e. The van der Waals surface area contributed by atoms with Gasteiger partial charge in [0, 0.05) is 44.7 Å². The summed E-state index contributed by atoms with van der Waals surface area (Å²) in [5, 5.41) is 19.6. The van der Waals surface area contributed by atoms with Crippen LogP contribution >= 0.6 is 0 Å². The highest BCUT2D eigenvalue weighted by atomic mass is 19.1. The fraction of sp³-hybridized carbons (Fsp3) is 0.515. The lowest BCUT2D eigenvalue weighted by Gasteiger charge is -2.32. The third-order valence-corrected chi connectivity index (χ3v) is 8.34. The van der Waals surface area contributed by atoms with Crippen LogP contribution in [0.5, 0.6) is 0 Å². The summed E-state index contributed by atoms with van der Waals surface area (Å²) in [4.78, 5) is 49.6. The first-order valence-corrected chi connectivity index (χ1v) is 15.9. The second-order valence-corrected chi connectivity index (χ2v) is 11.7. The Morgan fingerprint density at radius 2 is 1.30 bits per heavy atom. The molecule has 252 valence electrons. The molecule has 4 rings (SSSR count). The maximum Gasteiger partial charge on any atom is 0.410 e. The topological polar surface area (TPSA) is 161 Å². The van der Waals surface area contributed by atoms with Gasteiger partial charge in [0.05, 0.1) is 0 Å². The third-order valence-electron chi connectivity index (χ3n) is 8.34. The molecule has 12 nitrogen and oxygen atoms in total. The van der Waals surface area contributed by atoms with E-state index in [1.807, 2.05) is 30.3 Å². The van der Waals surface area contributed by atoms with Gasteiger partial charge >= 0.3 is 12.1 Å². The van der Waals surface area contributed by atoms with Crippen LogP contribution < -0.4 is 16.3 Å². The predicted molar refractivity (Wildman–Crippen MR) is 168 cm³/mol. The van der Waals surface area contributed by atoms with E-state index in [0.717, 1.165) is 56.9 Å². The first kappa shape index (κ1) is 36.2. The monoisotopic (exact) mass is 643 g/mol. The van der Waals surface area contributed by atoms with Crippen LogP contribution in [0, 0.1) is 17.7 Å². The number of carbonyl (C=O) groups excluding carboxylic acids is 4. The number of hydroxylamine groups is 2. The number of urea groups is 1. The number of halogens is 1. The van der Waals surface area contributed by atoms with E-state index in [4.69, 9.17) is 15.2 Å². The first-order valence-electron chi connectivity index (χ1n) is 15.9. The molecule has 2 aromatic carbocycles. The number of likely N-dealkylation sites (tertiary alicyclic amines) is 2. The van der Waals surface area contributed by atoms with Crippen molar-refractivity contribution in [3.8, 4) is 0 Å². The second kappa shape index (κ2) is 20.0. The van der Waals surface area contributed by atoms with Crippen LogP contribution in [0.1, 0.15) is 69.8 Å². The van der Waals surface area contributed by atoms with Crippen molar-refractivity contribution in [2.75, 3.05) is 31.5 Å². The molecule has 0 aromatic heterocycles. The van der Waals surface area contributed by atoms with Gasteiger partial charge in [-0.05, 0) is 87.0 Å². The highest BCUT2D eigenvalue weighted by Crippen LogP contribution is 2.24. The summed E-state index contributed by atoms with van der Waals surface area (Å²) in [5.74, 6) is -0.0726. The number of piperidine rings is 2. The van der Waals surface area contributed by atoms with E-state index in [1.165, 1.54) is 12.1 Å². The van der Waals surface area contributed by atoms with Crippen LogP contribution in [0.15, 0.2) is 54.6 Å². The number of hydrogen-bond acceptors (Lipinski definition) is 7. The average Bonchev–Trinajstić information content (AvgIpc) is 3.08. The number of carbonyl (C=O) groups is 4. The van der Waals surface area contributed by atoms with Crippen molar-refractivity contribution in [2.45, 2.75) is 70.8 Å². The predicted octanol–water partition coefficient (Wildman–Crippen LogP) is 5.46. The van der Waals surface area contributed by atoms with Crippen molar-refractivity contribution < 1.29 is 38.7 Å². The van der Waals surface area contributed by atoms with E-state index in [1.54, 1.807) is 32.9 Å². The van der Waals surface area contributed by atoms with E-state index in [0.29, 0.717) is 63.2 Å². The third kappa shape index (κ3) is 13.4. The van der Waals surface area contributed by atoms with Crippen molar-refractivity contribution in [1.82, 2.24) is 20.8 Å². The summed E-state index contributed by atoms with van der Waals surface area (Å²) in [6, 6.07) is 15.3. The maximum absolute atomic E-state index is 13.1. The summed E-state index contributed by atoms with van der Waals surface area (Å²) in [5.41, 5.74) is 4.70. The number of amides is 5. The zero-order valence-corrected chi connectivity index (χ0v) is 26.2. The Bertz CT molecular complexity index is 1240. The molecule has 13 heteroatoms. The molecule has 0 radical (unpaired) electrons. The van der Waals surface area contributed by atoms with Gasteiger partial charge in [0.1, 0.15) is 12.4 Å². The van der Waals surface area contributed by atoms with E-state index in [-0.39, 0.29) is 29.8 Å². The lowest BCUT2D eigenvalue weighted by molar-refractivity contribution is -0.130. The first-order chi connectivity index (χ1) is 22.3. The highest BCUT2D eigenvalue weighted by Gasteiger charge is 2.24. The lowest BCUT2D eigenvalue weighted by Crippen LogP contribution is -2.41. The number of rotatable bonds is 11. The molecule has 2 heterocycles. The van der Waals surface area contributed by atoms with E-state index >= 15 is 0 Å². The Hall–Kier alpha value is -4.23. The molecule has 5 amide bonds. The second-order valence-electron chi connectivity index (χ2n) is 11.7. The lowest BCUT2D eigenvalue weighted by atomic mass is 9.91. The van der Waals surface area contributed by atoms with Crippen LogP contribution in [0.2, 0.25) is 0 Å². The molecule has 2 aromatic rings. The van der Waals surface area contributed by atoms with Crippen LogP contribution in [-0.4, -0.2) is 70.3 Å². The van der Waals surface area contributed by atoms with Gasteiger partial charge in [-0.1, -0.05) is 36.4 Å². The number of ether oxygens (including phenoxy) is 1. The standard InChI is InChI=1S/C17H24N2O4.C16H22FN3O3/c20-16(18-22)8-4-7-14-9-11-19(12-10-14)17(21)23-13-15-5-2-1-3-6-15;17-13-4-2-5-14(11-13)18-16(22)20-9-7-12(8-10-20)3-1-6-15(21)19-23/h1-3,5-6,14,22H,4,7-13H2,(H,18,20);2,4-5,11-12,23H,1,3,6-10H2,(H,18,22)(H,19,21). The van der Waals surface area contributed by atoms with Crippen LogP contribution in [0.4, 0.5) is 19.7 Å². The molecule has 5 N–H and O–H groups in total. The fourth-order valence-electron chi connectivity index (χ4n) is 5.62. The summed E-state index contributed by atoms with van der Waals surface area (Å²) >= 11 is 0. The molecule has 2 aliphatic rings. The number of nitrogens with zero attached hydrogens (tertiary/aromatic N) is 2. The molecule has 0 saturated carbocycles. The molecule has 46 heavy (non-hydrogen) atoms. The van der Waals surface area contributed by atoms with Gasteiger partial charge in [-0.15, -0.1) is 0 Å². The van der Waals surface area contributed by atoms with Gasteiger partial charge in [0.25, 0.3) is 0 Å². The van der Waals surface area contributed by atoms with Crippen LogP contribution in [-0.2, 0) is 20.9 Å². The zero-order valence-electron chi connectivity index (χ0n) is 26.2. The Morgan fingerprint density at radius 1 is 0.761 bits per heavy atom. The number of hydrogen-bond donors (Lipinski definition) is 5. The molecule has 0 aliphatic carbocycles. The number of benzene rings is 2. The summed E-state index contributed by atoms with van der Waals surface area (Å²) in [7, 11) is 0. The zero-order chi connectivity index (χ0) is 33.1. The number of nitrogens with one attached hydrogen (secondary N) is 3. The van der Waals surface area contributed by atoms with E-state index < -0.39 is 0 Å². The SMILES string of the molecule is O=C(CCCC1CCN(C(=O)Nc2cccc(F)c2)CC1)NO.O=C(CCCC1CCN(C(=O)OCc2ccccc2)CC1)NO. The van der Waals surface area contributed by atoms with Gasteiger partial charge in [0.2, 0.25) is 11.8 Å². The van der Waals surface area contributed by atoms with Crippen molar-refractivity contribution >= 4 is 29.6 Å². The molecule has 2 fully saturated rings. The fourth-order valence-corrected chi connectivity index (χ4v) is 5.62. The van der Waals surface area contributed by atoms with Gasteiger partial charge in [0.15, 0.2) is 0 Å². The molecule has 0 spiro atoms. The quantitative estimate of drug-likeness (QED) is 0.161. The molecule has 2 saturated heterocycles. The molecule has 0 atom stereocenters. The van der Waals surface area contributed by atoms with Crippen molar-refractivity contribution in [2.24, 2.45) is 11.8 Å². The van der Waals surface area contributed by atoms with Crippen molar-refractivity contribution in [3.63, 3.8) is 0 Å². The minimum absolute atomic E-state index is 0.214. The van der Waals surface area contributed by atoms with Crippen molar-refractivity contribution in [3.05, 3.63) is 66.0 Å².